The Hall–Kier alpha value is -1.48. The van der Waals surface area contributed by atoms with Crippen LogP contribution in [-0.2, 0) is 24.0 Å². The van der Waals surface area contributed by atoms with E-state index in [1.54, 1.807) is 0 Å². The average molecular weight is 505 g/mol. The van der Waals surface area contributed by atoms with Crippen LogP contribution < -0.4 is 0 Å². The van der Waals surface area contributed by atoms with Crippen molar-refractivity contribution in [3.05, 3.63) is 22.6 Å². The predicted octanol–water partition coefficient (Wildman–Crippen LogP) is 3.57. The van der Waals surface area contributed by atoms with Gasteiger partial charge in [-0.25, -0.2) is 0 Å². The van der Waals surface area contributed by atoms with Crippen molar-refractivity contribution in [2.45, 2.75) is 96.2 Å². The van der Waals surface area contributed by atoms with Crippen molar-refractivity contribution < 1.29 is 39.5 Å². The van der Waals surface area contributed by atoms with Crippen LogP contribution in [-0.4, -0.2) is 63.5 Å². The Balaban J connectivity index is 2.28. The summed E-state index contributed by atoms with van der Waals surface area (Å²) in [6.07, 6.45) is 11.4. The molecule has 3 N–H and O–H groups in total. The van der Waals surface area contributed by atoms with Gasteiger partial charge in [-0.1, -0.05) is 57.6 Å². The summed E-state index contributed by atoms with van der Waals surface area (Å²) in [6.45, 7) is 0.985. The zero-order valence-corrected chi connectivity index (χ0v) is 20.5. The van der Waals surface area contributed by atoms with Crippen molar-refractivity contribution >= 4 is 11.8 Å². The van der Waals surface area contributed by atoms with E-state index in [0.717, 1.165) is 57.8 Å². The van der Waals surface area contributed by atoms with Gasteiger partial charge in [0.15, 0.2) is 6.10 Å². The normalized spacial score (nSPS) is 19.5. The van der Waals surface area contributed by atoms with Crippen LogP contribution in [0.5, 0.6) is 0 Å². The number of aliphatic hydroxyl groups excluding tert-OH is 1. The summed E-state index contributed by atoms with van der Waals surface area (Å²) in [7, 11) is 0. The van der Waals surface area contributed by atoms with Crippen molar-refractivity contribution in [2.75, 3.05) is 13.2 Å². The monoisotopic (exact) mass is 504 g/mol. The number of carbonyl (C=O) groups is 2. The third kappa shape index (κ3) is 15.3. The molecule has 35 heavy (non-hydrogen) atoms. The highest BCUT2D eigenvalue weighted by atomic mass is 17.1. The molecule has 0 aromatic carbocycles. The first-order valence-corrected chi connectivity index (χ1v) is 12.4. The number of ether oxygens (including phenoxy) is 1. The van der Waals surface area contributed by atoms with Crippen molar-refractivity contribution in [3.8, 4) is 0 Å². The zero-order chi connectivity index (χ0) is 26.1. The summed E-state index contributed by atoms with van der Waals surface area (Å²) < 4.78 is 5.03. The highest BCUT2D eigenvalue weighted by molar-refractivity contribution is 5.83. The fraction of sp³-hybridized carbons (Fsp3) is 0.826. The SMILES string of the molecule is CCCCCC(O)C=CC1CCC(=O)C1CCCCCCC(=O)OC(CON([O-])O)CON([O-])O. The number of allylic oxidation sites excluding steroid dienone is 1. The van der Waals surface area contributed by atoms with Crippen molar-refractivity contribution in [1.29, 1.82) is 0 Å². The Kier molecular flexibility index (Phi) is 16.9. The molecule has 12 heteroatoms. The molecule has 1 saturated carbocycles. The maximum Gasteiger partial charge on any atom is 0.306 e. The minimum Gasteiger partial charge on any atom is -0.738 e. The van der Waals surface area contributed by atoms with E-state index in [1.165, 1.54) is 0 Å². The number of aliphatic hydroxyl groups is 1. The molecule has 0 aromatic heterocycles. The standard InChI is InChI=1S/C23H40N2O10/c1-2-3-6-9-19(26)14-12-18-13-15-22(27)21(18)10-7-4-5-8-11-23(28)35-20(16-33-24(29)30)17-34-25(31)32/h12,14,18-21,26,29,31H,2-11,13,15-17H2,1H3/q-2. The second kappa shape index (κ2) is 18.7. The number of rotatable bonds is 20. The lowest BCUT2D eigenvalue weighted by atomic mass is 9.89. The topological polar surface area (TPSA) is 175 Å². The molecule has 204 valence electrons. The third-order valence-corrected chi connectivity index (χ3v) is 6.02. The van der Waals surface area contributed by atoms with Crippen LogP contribution in [0.15, 0.2) is 12.2 Å². The van der Waals surface area contributed by atoms with Crippen LogP contribution >= 0.6 is 0 Å². The van der Waals surface area contributed by atoms with Crippen LogP contribution in [0.1, 0.15) is 84.0 Å². The van der Waals surface area contributed by atoms with E-state index in [4.69, 9.17) is 15.2 Å². The van der Waals surface area contributed by atoms with Crippen molar-refractivity contribution in [3.63, 3.8) is 0 Å². The van der Waals surface area contributed by atoms with Gasteiger partial charge < -0.3 is 30.7 Å². The number of nitrogens with zero attached hydrogens (tertiary/aromatic N) is 2. The summed E-state index contributed by atoms with van der Waals surface area (Å²) in [5.74, 6) is -0.175. The molecular weight excluding hydrogens is 464 g/mol. The minimum atomic E-state index is -1.18. The second-order valence-corrected chi connectivity index (χ2v) is 8.86. The molecule has 3 unspecified atom stereocenters. The van der Waals surface area contributed by atoms with Crippen LogP contribution in [0.25, 0.3) is 0 Å². The Bertz CT molecular complexity index is 605. The molecule has 0 heterocycles. The second-order valence-electron chi connectivity index (χ2n) is 8.86. The number of ketones is 1. The lowest BCUT2D eigenvalue weighted by molar-refractivity contribution is -0.334. The number of carbonyl (C=O) groups excluding carboxylic acids is 2. The summed E-state index contributed by atoms with van der Waals surface area (Å²) in [5, 5.41) is 46.2. The molecular formula is C23H40N2O10-2. The quantitative estimate of drug-likeness (QED) is 0.0952. The predicted molar refractivity (Wildman–Crippen MR) is 124 cm³/mol. The highest BCUT2D eigenvalue weighted by Crippen LogP contribution is 2.34. The third-order valence-electron chi connectivity index (χ3n) is 6.02. The van der Waals surface area contributed by atoms with Crippen LogP contribution in [0.4, 0.5) is 0 Å². The van der Waals surface area contributed by atoms with E-state index in [9.17, 15) is 25.1 Å². The Morgan fingerprint density at radius 2 is 1.74 bits per heavy atom. The summed E-state index contributed by atoms with van der Waals surface area (Å²) in [6, 6.07) is 0. The summed E-state index contributed by atoms with van der Waals surface area (Å²) in [4.78, 5) is 32.7. The van der Waals surface area contributed by atoms with Gasteiger partial charge in [0.25, 0.3) is 0 Å². The fourth-order valence-corrected chi connectivity index (χ4v) is 4.15. The molecule has 1 fully saturated rings. The number of unbranched alkanes of at least 4 members (excludes halogenated alkanes) is 5. The van der Waals surface area contributed by atoms with Crippen LogP contribution in [0, 0.1) is 22.3 Å². The maximum absolute atomic E-state index is 12.3. The van der Waals surface area contributed by atoms with Gasteiger partial charge >= 0.3 is 5.97 Å². The first kappa shape index (κ1) is 31.5. The smallest absolute Gasteiger partial charge is 0.306 e. The van der Waals surface area contributed by atoms with E-state index in [0.29, 0.717) is 12.8 Å². The zero-order valence-electron chi connectivity index (χ0n) is 20.5. The van der Waals surface area contributed by atoms with Crippen LogP contribution in [0.3, 0.4) is 0 Å². The molecule has 0 saturated heterocycles. The Morgan fingerprint density at radius 3 is 2.37 bits per heavy atom. The van der Waals surface area contributed by atoms with Crippen molar-refractivity contribution in [1.82, 2.24) is 10.8 Å². The van der Waals surface area contributed by atoms with E-state index in [1.807, 2.05) is 12.2 Å². The largest absolute Gasteiger partial charge is 0.738 e. The minimum absolute atomic E-state index is 0.0148. The Morgan fingerprint density at radius 1 is 1.09 bits per heavy atom. The fourth-order valence-electron chi connectivity index (χ4n) is 4.15. The molecule has 1 rings (SSSR count). The number of Topliss-reactive ketones (excluding diaryl/α,β-unsaturated/α-hetero) is 1. The van der Waals surface area contributed by atoms with Gasteiger partial charge in [-0.2, -0.15) is 0 Å². The first-order valence-electron chi connectivity index (χ1n) is 12.4. The van der Waals surface area contributed by atoms with Gasteiger partial charge in [-0.15, -0.1) is 10.8 Å². The molecule has 0 aromatic rings. The number of hydrogen-bond donors (Lipinski definition) is 3. The molecule has 0 bridgehead atoms. The lowest BCUT2D eigenvalue weighted by Crippen LogP contribution is -2.33. The van der Waals surface area contributed by atoms with Gasteiger partial charge in [0.2, 0.25) is 0 Å². The lowest BCUT2D eigenvalue weighted by Gasteiger charge is -2.25. The van der Waals surface area contributed by atoms with E-state index < -0.39 is 42.2 Å². The van der Waals surface area contributed by atoms with E-state index in [2.05, 4.69) is 16.6 Å². The average Bonchev–Trinajstić information content (AvgIpc) is 3.15. The molecule has 1 aliphatic carbocycles. The highest BCUT2D eigenvalue weighted by Gasteiger charge is 2.32. The molecule has 0 radical (unpaired) electrons. The van der Waals surface area contributed by atoms with E-state index >= 15 is 0 Å². The van der Waals surface area contributed by atoms with Gasteiger partial charge in [-0.05, 0) is 31.6 Å². The van der Waals surface area contributed by atoms with Gasteiger partial charge in [0, 0.05) is 18.8 Å². The van der Waals surface area contributed by atoms with Gasteiger partial charge in [0.1, 0.15) is 19.0 Å². The number of hydrogen-bond acceptors (Lipinski definition) is 12. The Labute approximate surface area is 206 Å². The molecule has 0 spiro atoms. The van der Waals surface area contributed by atoms with E-state index in [-0.39, 0.29) is 24.0 Å². The summed E-state index contributed by atoms with van der Waals surface area (Å²) >= 11 is 0. The molecule has 0 aliphatic heterocycles. The molecule has 0 amide bonds. The first-order chi connectivity index (χ1) is 16.7. The maximum atomic E-state index is 12.3. The van der Waals surface area contributed by atoms with Crippen LogP contribution in [0.2, 0.25) is 0 Å². The van der Waals surface area contributed by atoms with Crippen molar-refractivity contribution in [2.24, 2.45) is 11.8 Å². The molecule has 1 aliphatic rings. The molecule has 3 atom stereocenters. The van der Waals surface area contributed by atoms with Gasteiger partial charge in [-0.3, -0.25) is 19.3 Å². The molecule has 12 nitrogen and oxygen atoms in total. The number of esters is 1. The summed E-state index contributed by atoms with van der Waals surface area (Å²) in [5.41, 5.74) is 0. The van der Waals surface area contributed by atoms with Gasteiger partial charge in [0.05, 0.1) is 6.10 Å².